The van der Waals surface area contributed by atoms with Crippen molar-refractivity contribution in [3.05, 3.63) is 106 Å². The summed E-state index contributed by atoms with van der Waals surface area (Å²) in [4.78, 5) is 43.2. The highest BCUT2D eigenvalue weighted by molar-refractivity contribution is 7.07. The van der Waals surface area contributed by atoms with Crippen LogP contribution in [0.5, 0.6) is 0 Å². The second-order valence-electron chi connectivity index (χ2n) is 8.99. The number of nitrogens with zero attached hydrogens (tertiary/aromatic N) is 4. The molecule has 5 rings (SSSR count). The quantitative estimate of drug-likeness (QED) is 0.213. The van der Waals surface area contributed by atoms with E-state index in [2.05, 4.69) is 16.5 Å². The van der Waals surface area contributed by atoms with Crippen LogP contribution in [-0.4, -0.2) is 26.6 Å². The number of benzene rings is 2. The lowest BCUT2D eigenvalue weighted by Crippen LogP contribution is -2.40. The van der Waals surface area contributed by atoms with Crippen molar-refractivity contribution < 1.29 is 14.5 Å². The SMILES string of the molecule is CCOC(=O)C1=C(C)N=c2s/c(=C/c3cn(CC)c4ccccc34)c(=O)n2[C@@H]1c1ccc(C)c([N+](=O)[O-])c1. The minimum atomic E-state index is -0.913. The Balaban J connectivity index is 1.77. The minimum Gasteiger partial charge on any atom is -0.463 e. The average Bonchev–Trinajstić information content (AvgIpc) is 3.40. The Hall–Kier alpha value is -4.31. The van der Waals surface area contributed by atoms with Gasteiger partial charge in [0.2, 0.25) is 0 Å². The molecular formula is C28H26N4O5S. The third kappa shape index (κ3) is 4.16. The molecule has 38 heavy (non-hydrogen) atoms. The summed E-state index contributed by atoms with van der Waals surface area (Å²) in [6.07, 6.45) is 3.86. The number of carbonyl (C=O) groups excluding carboxylic acids is 1. The second kappa shape index (κ2) is 9.86. The van der Waals surface area contributed by atoms with Crippen molar-refractivity contribution in [2.24, 2.45) is 4.99 Å². The lowest BCUT2D eigenvalue weighted by molar-refractivity contribution is -0.385. The Morgan fingerprint density at radius 2 is 1.97 bits per heavy atom. The smallest absolute Gasteiger partial charge is 0.338 e. The molecule has 0 bridgehead atoms. The number of aromatic nitrogens is 2. The number of hydrogen-bond acceptors (Lipinski definition) is 7. The number of rotatable bonds is 6. The fourth-order valence-electron chi connectivity index (χ4n) is 4.89. The van der Waals surface area contributed by atoms with E-state index in [1.807, 2.05) is 36.5 Å². The Kier molecular flexibility index (Phi) is 6.58. The standard InChI is InChI=1S/C28H26N4O5S/c1-5-30-15-19(20-9-7-8-10-21(20)30)14-23-26(33)31-25(18-12-11-16(3)22(13-18)32(35)36)24(27(34)37-6-2)17(4)29-28(31)38-23/h7-15,25H,5-6H2,1-4H3/b23-14+/t25-/m1/s1. The van der Waals surface area contributed by atoms with Gasteiger partial charge in [-0.25, -0.2) is 9.79 Å². The van der Waals surface area contributed by atoms with E-state index in [1.165, 1.54) is 22.0 Å². The van der Waals surface area contributed by atoms with E-state index < -0.39 is 16.9 Å². The molecule has 1 atom stereocenters. The third-order valence-corrected chi connectivity index (χ3v) is 7.69. The summed E-state index contributed by atoms with van der Waals surface area (Å²) in [5, 5.41) is 12.7. The monoisotopic (exact) mass is 530 g/mol. The van der Waals surface area contributed by atoms with E-state index in [9.17, 15) is 19.7 Å². The van der Waals surface area contributed by atoms with Gasteiger partial charge in [0.1, 0.15) is 0 Å². The first-order valence-electron chi connectivity index (χ1n) is 12.3. The van der Waals surface area contributed by atoms with Crippen LogP contribution >= 0.6 is 11.3 Å². The van der Waals surface area contributed by atoms with E-state index in [-0.39, 0.29) is 23.4 Å². The maximum Gasteiger partial charge on any atom is 0.338 e. The summed E-state index contributed by atoms with van der Waals surface area (Å²) in [5.74, 6) is -0.609. The lowest BCUT2D eigenvalue weighted by atomic mass is 9.94. The number of allylic oxidation sites excluding steroid dienone is 1. The summed E-state index contributed by atoms with van der Waals surface area (Å²) < 4.78 is 9.33. The molecule has 0 spiro atoms. The van der Waals surface area contributed by atoms with Crippen molar-refractivity contribution in [3.8, 4) is 0 Å². The molecule has 0 N–H and O–H groups in total. The van der Waals surface area contributed by atoms with Gasteiger partial charge in [0, 0.05) is 40.8 Å². The maximum absolute atomic E-state index is 13.9. The minimum absolute atomic E-state index is 0.0881. The zero-order valence-corrected chi connectivity index (χ0v) is 22.2. The molecule has 0 radical (unpaired) electrons. The first kappa shape index (κ1) is 25.3. The average molecular weight is 531 g/mol. The van der Waals surface area contributed by atoms with Gasteiger partial charge in [0.25, 0.3) is 11.2 Å². The highest BCUT2D eigenvalue weighted by Gasteiger charge is 2.34. The van der Waals surface area contributed by atoms with Crippen molar-refractivity contribution in [1.29, 1.82) is 0 Å². The molecule has 0 aliphatic carbocycles. The Labute approximate surface area is 221 Å². The Morgan fingerprint density at radius 1 is 1.21 bits per heavy atom. The number of thiazole rings is 1. The van der Waals surface area contributed by atoms with E-state index in [0.717, 1.165) is 23.0 Å². The number of esters is 1. The number of nitro benzene ring substituents is 1. The predicted octanol–water partition coefficient (Wildman–Crippen LogP) is 3.99. The predicted molar refractivity (Wildman–Crippen MR) is 146 cm³/mol. The van der Waals surface area contributed by atoms with Gasteiger partial charge < -0.3 is 9.30 Å². The summed E-state index contributed by atoms with van der Waals surface area (Å²) in [6, 6.07) is 11.8. The van der Waals surface area contributed by atoms with Crippen LogP contribution in [0.1, 0.15) is 43.5 Å². The van der Waals surface area contributed by atoms with Gasteiger partial charge in [-0.15, -0.1) is 0 Å². The first-order chi connectivity index (χ1) is 18.2. The number of carbonyl (C=O) groups is 1. The highest BCUT2D eigenvalue weighted by Crippen LogP contribution is 2.33. The molecule has 0 amide bonds. The summed E-state index contributed by atoms with van der Waals surface area (Å²) in [5.41, 5.74) is 3.07. The topological polar surface area (TPSA) is 109 Å². The molecule has 2 aromatic carbocycles. The number of hydrogen-bond donors (Lipinski definition) is 0. The van der Waals surface area contributed by atoms with Crippen molar-refractivity contribution in [2.45, 2.75) is 40.3 Å². The van der Waals surface area contributed by atoms with E-state index in [1.54, 1.807) is 32.9 Å². The largest absolute Gasteiger partial charge is 0.463 e. The normalized spacial score (nSPS) is 15.5. The summed E-state index contributed by atoms with van der Waals surface area (Å²) >= 11 is 1.22. The van der Waals surface area contributed by atoms with Crippen LogP contribution < -0.4 is 14.9 Å². The van der Waals surface area contributed by atoms with Crippen LogP contribution in [0, 0.1) is 17.0 Å². The molecule has 0 saturated heterocycles. The fourth-order valence-corrected chi connectivity index (χ4v) is 5.93. The van der Waals surface area contributed by atoms with Gasteiger partial charge in [-0.3, -0.25) is 19.5 Å². The van der Waals surface area contributed by atoms with Crippen LogP contribution in [0.15, 0.2) is 69.7 Å². The Bertz CT molecular complexity index is 1830. The van der Waals surface area contributed by atoms with Gasteiger partial charge in [-0.2, -0.15) is 0 Å². The first-order valence-corrected chi connectivity index (χ1v) is 13.1. The number of ether oxygens (including phenoxy) is 1. The zero-order valence-electron chi connectivity index (χ0n) is 21.4. The molecule has 0 fully saturated rings. The van der Waals surface area contributed by atoms with Crippen LogP contribution in [0.2, 0.25) is 0 Å². The lowest BCUT2D eigenvalue weighted by Gasteiger charge is -2.24. The van der Waals surface area contributed by atoms with Crippen LogP contribution in [0.25, 0.3) is 17.0 Å². The van der Waals surface area contributed by atoms with Crippen molar-refractivity contribution in [2.75, 3.05) is 6.61 Å². The molecule has 0 unspecified atom stereocenters. The molecule has 1 aliphatic heterocycles. The van der Waals surface area contributed by atoms with Gasteiger partial charge in [0.15, 0.2) is 4.80 Å². The van der Waals surface area contributed by atoms with Crippen molar-refractivity contribution in [1.82, 2.24) is 9.13 Å². The number of aryl methyl sites for hydroxylation is 2. The van der Waals surface area contributed by atoms with Gasteiger partial charge in [-0.1, -0.05) is 41.7 Å². The third-order valence-electron chi connectivity index (χ3n) is 6.71. The zero-order chi connectivity index (χ0) is 27.1. The van der Waals surface area contributed by atoms with E-state index in [4.69, 9.17) is 4.74 Å². The fraction of sp³-hybridized carbons (Fsp3) is 0.250. The molecule has 10 heteroatoms. The van der Waals surface area contributed by atoms with E-state index >= 15 is 0 Å². The molecule has 0 saturated carbocycles. The molecule has 3 heterocycles. The molecule has 9 nitrogen and oxygen atoms in total. The highest BCUT2D eigenvalue weighted by atomic mass is 32.1. The molecule has 2 aromatic heterocycles. The summed E-state index contributed by atoms with van der Waals surface area (Å²) in [6.45, 7) is 8.01. The maximum atomic E-state index is 13.9. The number of nitro groups is 1. The molecule has 1 aliphatic rings. The Morgan fingerprint density at radius 3 is 2.68 bits per heavy atom. The number of fused-ring (bicyclic) bond motifs is 2. The van der Waals surface area contributed by atoms with Crippen LogP contribution in [0.3, 0.4) is 0 Å². The van der Waals surface area contributed by atoms with Gasteiger partial charge >= 0.3 is 5.97 Å². The van der Waals surface area contributed by atoms with Gasteiger partial charge in [-0.05, 0) is 45.4 Å². The van der Waals surface area contributed by atoms with Crippen LogP contribution in [-0.2, 0) is 16.1 Å². The van der Waals surface area contributed by atoms with Crippen molar-refractivity contribution in [3.63, 3.8) is 0 Å². The van der Waals surface area contributed by atoms with E-state index in [0.29, 0.717) is 26.2 Å². The van der Waals surface area contributed by atoms with Gasteiger partial charge in [0.05, 0.1) is 33.4 Å². The molecular weight excluding hydrogens is 504 g/mol. The number of para-hydroxylation sites is 1. The second-order valence-corrected chi connectivity index (χ2v) is 10.0. The van der Waals surface area contributed by atoms with Crippen LogP contribution in [0.4, 0.5) is 5.69 Å². The van der Waals surface area contributed by atoms with Crippen molar-refractivity contribution >= 4 is 40.0 Å². The molecule has 4 aromatic rings. The molecule has 194 valence electrons. The summed E-state index contributed by atoms with van der Waals surface area (Å²) in [7, 11) is 0.